The molecule has 2 aromatic rings. The van der Waals surface area contributed by atoms with Gasteiger partial charge in [-0.1, -0.05) is 16.8 Å². The lowest BCUT2D eigenvalue weighted by Gasteiger charge is -2.16. The average Bonchev–Trinajstić information content (AvgIpc) is 3.15. The fourth-order valence-corrected chi connectivity index (χ4v) is 2.91. The van der Waals surface area contributed by atoms with Crippen LogP contribution in [0.1, 0.15) is 19.2 Å². The summed E-state index contributed by atoms with van der Waals surface area (Å²) >= 11 is 5.87. The third kappa shape index (κ3) is 3.66. The molecule has 1 N–H and O–H groups in total. The van der Waals surface area contributed by atoms with Crippen molar-refractivity contribution in [3.8, 4) is 11.4 Å². The highest BCUT2D eigenvalue weighted by Gasteiger charge is 2.25. The van der Waals surface area contributed by atoms with Gasteiger partial charge in [-0.3, -0.25) is 0 Å². The van der Waals surface area contributed by atoms with Gasteiger partial charge < -0.3 is 14.5 Å². The van der Waals surface area contributed by atoms with Crippen LogP contribution in [0.15, 0.2) is 28.8 Å². The largest absolute Gasteiger partial charge is 0.393 e. The maximum Gasteiger partial charge on any atom is 0.228 e. The zero-order valence-electron chi connectivity index (χ0n) is 12.6. The molecule has 0 radical (unpaired) electrons. The summed E-state index contributed by atoms with van der Waals surface area (Å²) in [6.45, 7) is 4.71. The van der Waals surface area contributed by atoms with Crippen molar-refractivity contribution in [2.24, 2.45) is 5.92 Å². The third-order valence-electron chi connectivity index (χ3n) is 4.20. The predicted octanol–water partition coefficient (Wildman–Crippen LogP) is 2.64. The number of likely N-dealkylation sites (tertiary alicyclic amines) is 1. The Morgan fingerprint density at radius 3 is 2.86 bits per heavy atom. The summed E-state index contributed by atoms with van der Waals surface area (Å²) in [5, 5.41) is 14.3. The van der Waals surface area contributed by atoms with Gasteiger partial charge in [0.2, 0.25) is 11.7 Å². The van der Waals surface area contributed by atoms with Crippen LogP contribution in [0.4, 0.5) is 0 Å². The Morgan fingerprint density at radius 2 is 2.18 bits per heavy atom. The predicted molar refractivity (Wildman–Crippen MR) is 84.7 cm³/mol. The van der Waals surface area contributed by atoms with Crippen molar-refractivity contribution in [3.63, 3.8) is 0 Å². The minimum Gasteiger partial charge on any atom is -0.393 e. The van der Waals surface area contributed by atoms with Crippen LogP contribution in [-0.2, 0) is 6.42 Å². The molecular weight excluding hydrogens is 302 g/mol. The Labute approximate surface area is 134 Å². The van der Waals surface area contributed by atoms with E-state index < -0.39 is 0 Å². The van der Waals surface area contributed by atoms with Gasteiger partial charge in [0.25, 0.3) is 0 Å². The van der Waals surface area contributed by atoms with Crippen molar-refractivity contribution >= 4 is 11.6 Å². The van der Waals surface area contributed by atoms with E-state index >= 15 is 0 Å². The first-order valence-corrected chi connectivity index (χ1v) is 7.98. The van der Waals surface area contributed by atoms with E-state index in [0.29, 0.717) is 22.7 Å². The molecule has 2 heterocycles. The second-order valence-electron chi connectivity index (χ2n) is 5.86. The first-order chi connectivity index (χ1) is 10.6. The fraction of sp³-hybridized carbons (Fsp3) is 0.500. The molecule has 0 bridgehead atoms. The zero-order chi connectivity index (χ0) is 15.5. The van der Waals surface area contributed by atoms with E-state index in [0.717, 1.165) is 38.0 Å². The summed E-state index contributed by atoms with van der Waals surface area (Å²) in [6.07, 6.45) is 1.55. The van der Waals surface area contributed by atoms with Gasteiger partial charge in [0.1, 0.15) is 0 Å². The second-order valence-corrected chi connectivity index (χ2v) is 6.30. The van der Waals surface area contributed by atoms with E-state index in [1.54, 1.807) is 0 Å². The molecule has 0 spiro atoms. The molecule has 0 aliphatic carbocycles. The van der Waals surface area contributed by atoms with Crippen LogP contribution in [0, 0.1) is 5.92 Å². The van der Waals surface area contributed by atoms with Gasteiger partial charge >= 0.3 is 0 Å². The van der Waals surface area contributed by atoms with E-state index in [4.69, 9.17) is 16.1 Å². The van der Waals surface area contributed by atoms with E-state index in [9.17, 15) is 5.11 Å². The molecule has 0 amide bonds. The monoisotopic (exact) mass is 321 g/mol. The first kappa shape index (κ1) is 15.5. The van der Waals surface area contributed by atoms with Gasteiger partial charge in [-0.2, -0.15) is 4.98 Å². The summed E-state index contributed by atoms with van der Waals surface area (Å²) in [5.41, 5.74) is 0.898. The van der Waals surface area contributed by atoms with Crippen LogP contribution < -0.4 is 0 Å². The van der Waals surface area contributed by atoms with Crippen LogP contribution in [0.3, 0.4) is 0 Å². The number of aliphatic hydroxyl groups is 1. The number of nitrogens with zero attached hydrogens (tertiary/aromatic N) is 3. The lowest BCUT2D eigenvalue weighted by molar-refractivity contribution is 0.127. The summed E-state index contributed by atoms with van der Waals surface area (Å²) in [5.74, 6) is 1.62. The highest BCUT2D eigenvalue weighted by molar-refractivity contribution is 6.30. The van der Waals surface area contributed by atoms with E-state index in [2.05, 4.69) is 15.0 Å². The van der Waals surface area contributed by atoms with Gasteiger partial charge in [0, 0.05) is 30.1 Å². The van der Waals surface area contributed by atoms with Gasteiger partial charge in [0.05, 0.1) is 6.10 Å². The summed E-state index contributed by atoms with van der Waals surface area (Å²) in [7, 11) is 0. The van der Waals surface area contributed by atoms with Gasteiger partial charge in [-0.25, -0.2) is 0 Å². The van der Waals surface area contributed by atoms with Crippen LogP contribution in [0.25, 0.3) is 11.4 Å². The highest BCUT2D eigenvalue weighted by atomic mass is 35.5. The standard InChI is InChI=1S/C16H20ClN3O2/c1-11(21)13-6-8-20(10-13)9-7-15-18-16(19-22-15)12-2-4-14(17)5-3-12/h2-5,11,13,21H,6-10H2,1H3. The molecule has 2 unspecified atom stereocenters. The van der Waals surface area contributed by atoms with E-state index in [1.165, 1.54) is 0 Å². The second kappa shape index (κ2) is 6.77. The normalized spacial score (nSPS) is 20.4. The topological polar surface area (TPSA) is 62.4 Å². The van der Waals surface area contributed by atoms with E-state index in [-0.39, 0.29) is 6.10 Å². The zero-order valence-corrected chi connectivity index (χ0v) is 13.3. The number of aromatic nitrogens is 2. The molecule has 3 rings (SSSR count). The van der Waals surface area contributed by atoms with Gasteiger partial charge in [-0.15, -0.1) is 0 Å². The Hall–Kier alpha value is -1.43. The molecule has 1 aromatic heterocycles. The molecule has 5 nitrogen and oxygen atoms in total. The minimum atomic E-state index is -0.232. The van der Waals surface area contributed by atoms with Crippen LogP contribution >= 0.6 is 11.6 Å². The Morgan fingerprint density at radius 1 is 1.41 bits per heavy atom. The van der Waals surface area contributed by atoms with Crippen molar-refractivity contribution < 1.29 is 9.63 Å². The van der Waals surface area contributed by atoms with Crippen LogP contribution in [-0.4, -0.2) is 45.9 Å². The molecule has 1 aliphatic heterocycles. The van der Waals surface area contributed by atoms with Gasteiger partial charge in [-0.05, 0) is 50.1 Å². The molecule has 118 valence electrons. The Kier molecular flexibility index (Phi) is 4.76. The molecule has 6 heteroatoms. The maximum absolute atomic E-state index is 9.63. The number of aliphatic hydroxyl groups excluding tert-OH is 1. The Balaban J connectivity index is 1.55. The van der Waals surface area contributed by atoms with Crippen molar-refractivity contribution in [2.45, 2.75) is 25.9 Å². The molecular formula is C16H20ClN3O2. The van der Waals surface area contributed by atoms with Crippen molar-refractivity contribution in [1.82, 2.24) is 15.0 Å². The lowest BCUT2D eigenvalue weighted by atomic mass is 10.0. The number of halogens is 1. The number of rotatable bonds is 5. The SMILES string of the molecule is CC(O)C1CCN(CCc2nc(-c3ccc(Cl)cc3)no2)C1. The number of hydrogen-bond acceptors (Lipinski definition) is 5. The molecule has 1 aliphatic rings. The minimum absolute atomic E-state index is 0.232. The molecule has 1 saturated heterocycles. The smallest absolute Gasteiger partial charge is 0.228 e. The maximum atomic E-state index is 9.63. The number of benzene rings is 1. The molecule has 1 fully saturated rings. The average molecular weight is 322 g/mol. The first-order valence-electron chi connectivity index (χ1n) is 7.61. The van der Waals surface area contributed by atoms with Crippen molar-refractivity contribution in [3.05, 3.63) is 35.2 Å². The third-order valence-corrected chi connectivity index (χ3v) is 4.46. The summed E-state index contributed by atoms with van der Waals surface area (Å²) < 4.78 is 5.31. The molecule has 1 aromatic carbocycles. The lowest BCUT2D eigenvalue weighted by Crippen LogP contribution is -2.26. The molecule has 0 saturated carbocycles. The Bertz CT molecular complexity index is 612. The molecule has 22 heavy (non-hydrogen) atoms. The summed E-state index contributed by atoms with van der Waals surface area (Å²) in [6, 6.07) is 7.38. The summed E-state index contributed by atoms with van der Waals surface area (Å²) in [4.78, 5) is 6.77. The van der Waals surface area contributed by atoms with Crippen LogP contribution in [0.5, 0.6) is 0 Å². The van der Waals surface area contributed by atoms with Gasteiger partial charge in [0.15, 0.2) is 0 Å². The van der Waals surface area contributed by atoms with E-state index in [1.807, 2.05) is 31.2 Å². The highest BCUT2D eigenvalue weighted by Crippen LogP contribution is 2.21. The fourth-order valence-electron chi connectivity index (χ4n) is 2.79. The molecule has 2 atom stereocenters. The quantitative estimate of drug-likeness (QED) is 0.917. The van der Waals surface area contributed by atoms with Crippen molar-refractivity contribution in [1.29, 1.82) is 0 Å². The van der Waals surface area contributed by atoms with Crippen molar-refractivity contribution in [2.75, 3.05) is 19.6 Å². The van der Waals surface area contributed by atoms with Crippen LogP contribution in [0.2, 0.25) is 5.02 Å². The number of hydrogen-bond donors (Lipinski definition) is 1.